The van der Waals surface area contributed by atoms with E-state index < -0.39 is 10.8 Å². The maximum atomic E-state index is 12.7. The van der Waals surface area contributed by atoms with Gasteiger partial charge in [0.2, 0.25) is 0 Å². The topological polar surface area (TPSA) is 40.9 Å². The molecule has 0 spiro atoms. The summed E-state index contributed by atoms with van der Waals surface area (Å²) in [5.74, 6) is -0.356. The van der Waals surface area contributed by atoms with Crippen LogP contribution >= 0.6 is 0 Å². The van der Waals surface area contributed by atoms with Gasteiger partial charge in [0.1, 0.15) is 5.82 Å². The van der Waals surface area contributed by atoms with E-state index in [1.165, 1.54) is 24.3 Å². The Bertz CT molecular complexity index is 584. The fourth-order valence-corrected chi connectivity index (χ4v) is 2.39. The lowest BCUT2D eigenvalue weighted by molar-refractivity contribution is 0.626. The average molecular weight is 245 g/mol. The van der Waals surface area contributed by atoms with Crippen LogP contribution in [0.4, 0.5) is 4.39 Å². The number of benzene rings is 2. The van der Waals surface area contributed by atoms with E-state index in [1.54, 1.807) is 24.3 Å². The summed E-state index contributed by atoms with van der Waals surface area (Å²) in [6.45, 7) is 0. The van der Waals surface area contributed by atoms with Gasteiger partial charge in [-0.25, -0.2) is 8.60 Å². The van der Waals surface area contributed by atoms with E-state index in [0.29, 0.717) is 15.4 Å². The molecule has 2 rings (SSSR count). The Hall–Kier alpha value is -1.99. The van der Waals surface area contributed by atoms with Crippen molar-refractivity contribution in [2.75, 3.05) is 0 Å². The number of hydrogen-bond acceptors (Lipinski definition) is 2. The standard InChI is InChI=1S/C13H8FNOS/c14-11-3-7-13(8-4-11)17(16)12-5-1-10(9-15)2-6-12/h1-8H. The van der Waals surface area contributed by atoms with Crippen molar-refractivity contribution in [3.63, 3.8) is 0 Å². The molecule has 0 aromatic heterocycles. The fraction of sp³-hybridized carbons (Fsp3) is 0. The van der Waals surface area contributed by atoms with Crippen molar-refractivity contribution in [3.05, 3.63) is 59.9 Å². The molecule has 0 saturated heterocycles. The third-order valence-corrected chi connectivity index (χ3v) is 3.63. The molecule has 0 saturated carbocycles. The first-order valence-corrected chi connectivity index (χ1v) is 6.03. The van der Waals surface area contributed by atoms with Crippen molar-refractivity contribution >= 4 is 10.8 Å². The first kappa shape index (κ1) is 11.5. The van der Waals surface area contributed by atoms with Crippen LogP contribution in [0, 0.1) is 17.1 Å². The van der Waals surface area contributed by atoms with Crippen LogP contribution in [0.1, 0.15) is 5.56 Å². The number of hydrogen-bond donors (Lipinski definition) is 0. The Morgan fingerprint density at radius 2 is 1.41 bits per heavy atom. The molecular weight excluding hydrogens is 237 g/mol. The van der Waals surface area contributed by atoms with E-state index in [2.05, 4.69) is 0 Å². The molecule has 0 aliphatic rings. The van der Waals surface area contributed by atoms with Gasteiger partial charge in [0.15, 0.2) is 0 Å². The molecule has 2 aromatic rings. The van der Waals surface area contributed by atoms with Gasteiger partial charge in [-0.1, -0.05) is 0 Å². The SMILES string of the molecule is N#Cc1ccc(S(=O)c2ccc(F)cc2)cc1. The van der Waals surface area contributed by atoms with E-state index in [4.69, 9.17) is 5.26 Å². The second kappa shape index (κ2) is 4.89. The second-order valence-corrected chi connectivity index (χ2v) is 4.84. The first-order valence-electron chi connectivity index (χ1n) is 4.88. The van der Waals surface area contributed by atoms with E-state index in [9.17, 15) is 8.60 Å². The molecule has 0 bridgehead atoms. The molecule has 4 heteroatoms. The largest absolute Gasteiger partial charge is 0.249 e. The molecule has 0 aliphatic heterocycles. The van der Waals surface area contributed by atoms with Gasteiger partial charge in [-0.2, -0.15) is 5.26 Å². The van der Waals surface area contributed by atoms with Gasteiger partial charge in [0.25, 0.3) is 0 Å². The number of nitriles is 1. The molecule has 1 atom stereocenters. The van der Waals surface area contributed by atoms with Crippen molar-refractivity contribution in [2.45, 2.75) is 9.79 Å². The minimum atomic E-state index is -1.34. The summed E-state index contributed by atoms with van der Waals surface area (Å²) in [4.78, 5) is 1.13. The monoisotopic (exact) mass is 245 g/mol. The minimum Gasteiger partial charge on any atom is -0.249 e. The molecule has 0 fully saturated rings. The zero-order valence-electron chi connectivity index (χ0n) is 8.76. The van der Waals surface area contributed by atoms with Gasteiger partial charge in [-0.05, 0) is 48.5 Å². The molecule has 0 heterocycles. The molecule has 0 N–H and O–H groups in total. The van der Waals surface area contributed by atoms with Gasteiger partial charge in [0.05, 0.1) is 22.4 Å². The predicted molar refractivity (Wildman–Crippen MR) is 62.2 cm³/mol. The van der Waals surface area contributed by atoms with Crippen LogP contribution < -0.4 is 0 Å². The van der Waals surface area contributed by atoms with Crippen LogP contribution in [0.2, 0.25) is 0 Å². The van der Waals surface area contributed by atoms with Crippen molar-refractivity contribution < 1.29 is 8.60 Å². The van der Waals surface area contributed by atoms with Gasteiger partial charge >= 0.3 is 0 Å². The summed E-state index contributed by atoms with van der Waals surface area (Å²) in [6, 6.07) is 14.0. The van der Waals surface area contributed by atoms with Crippen LogP contribution in [0.5, 0.6) is 0 Å². The molecular formula is C13H8FNOS. The summed E-state index contributed by atoms with van der Waals surface area (Å²) in [7, 11) is -1.34. The molecule has 2 nitrogen and oxygen atoms in total. The Balaban J connectivity index is 2.31. The lowest BCUT2D eigenvalue weighted by Crippen LogP contribution is -1.93. The zero-order chi connectivity index (χ0) is 12.3. The number of nitrogens with zero attached hydrogens (tertiary/aromatic N) is 1. The number of rotatable bonds is 2. The van der Waals surface area contributed by atoms with E-state index in [1.807, 2.05) is 6.07 Å². The lowest BCUT2D eigenvalue weighted by Gasteiger charge is -2.02. The molecule has 0 amide bonds. The Labute approximate surface area is 101 Å². The highest BCUT2D eigenvalue weighted by molar-refractivity contribution is 7.85. The summed E-state index contributed by atoms with van der Waals surface area (Å²) in [5.41, 5.74) is 0.518. The van der Waals surface area contributed by atoms with Gasteiger partial charge < -0.3 is 0 Å². The maximum absolute atomic E-state index is 12.7. The highest BCUT2D eigenvalue weighted by Crippen LogP contribution is 2.17. The van der Waals surface area contributed by atoms with Crippen LogP contribution in [0.15, 0.2) is 58.3 Å². The first-order chi connectivity index (χ1) is 8.20. The van der Waals surface area contributed by atoms with Crippen LogP contribution in [0.25, 0.3) is 0 Å². The molecule has 1 unspecified atom stereocenters. The maximum Gasteiger partial charge on any atom is 0.123 e. The summed E-state index contributed by atoms with van der Waals surface area (Å²) in [6.07, 6.45) is 0. The van der Waals surface area contributed by atoms with Gasteiger partial charge in [0, 0.05) is 9.79 Å². The third kappa shape index (κ3) is 2.58. The second-order valence-electron chi connectivity index (χ2n) is 3.36. The summed E-state index contributed by atoms with van der Waals surface area (Å²) >= 11 is 0. The molecule has 0 radical (unpaired) electrons. The molecule has 0 aliphatic carbocycles. The van der Waals surface area contributed by atoms with Crippen LogP contribution in [0.3, 0.4) is 0 Å². The predicted octanol–water partition coefficient (Wildman–Crippen LogP) is 2.86. The van der Waals surface area contributed by atoms with Crippen molar-refractivity contribution in [2.24, 2.45) is 0 Å². The summed E-state index contributed by atoms with van der Waals surface area (Å²) in [5, 5.41) is 8.65. The normalized spacial score (nSPS) is 11.8. The van der Waals surface area contributed by atoms with Crippen molar-refractivity contribution in [1.82, 2.24) is 0 Å². The highest BCUT2D eigenvalue weighted by atomic mass is 32.2. The lowest BCUT2D eigenvalue weighted by atomic mass is 10.2. The smallest absolute Gasteiger partial charge is 0.123 e. The average Bonchev–Trinajstić information content (AvgIpc) is 2.39. The fourth-order valence-electron chi connectivity index (χ4n) is 1.35. The van der Waals surface area contributed by atoms with Gasteiger partial charge in [-0.15, -0.1) is 0 Å². The van der Waals surface area contributed by atoms with Crippen molar-refractivity contribution in [1.29, 1.82) is 5.26 Å². The Kier molecular flexibility index (Phi) is 3.31. The van der Waals surface area contributed by atoms with Crippen molar-refractivity contribution in [3.8, 4) is 6.07 Å². The van der Waals surface area contributed by atoms with E-state index >= 15 is 0 Å². The van der Waals surface area contributed by atoms with E-state index in [-0.39, 0.29) is 5.82 Å². The minimum absolute atomic E-state index is 0.356. The highest BCUT2D eigenvalue weighted by Gasteiger charge is 2.06. The number of halogens is 1. The van der Waals surface area contributed by atoms with Crippen LogP contribution in [-0.2, 0) is 10.8 Å². The Morgan fingerprint density at radius 1 is 0.941 bits per heavy atom. The summed E-state index contributed by atoms with van der Waals surface area (Å²) < 4.78 is 24.8. The van der Waals surface area contributed by atoms with E-state index in [0.717, 1.165) is 0 Å². The third-order valence-electron chi connectivity index (χ3n) is 2.23. The van der Waals surface area contributed by atoms with Crippen LogP contribution in [-0.4, -0.2) is 4.21 Å². The van der Waals surface area contributed by atoms with Gasteiger partial charge in [-0.3, -0.25) is 0 Å². The molecule has 2 aromatic carbocycles. The molecule has 17 heavy (non-hydrogen) atoms. The quantitative estimate of drug-likeness (QED) is 0.816. The molecule has 84 valence electrons. The zero-order valence-corrected chi connectivity index (χ0v) is 9.58. The Morgan fingerprint density at radius 3 is 1.88 bits per heavy atom.